The second-order valence-corrected chi connectivity index (χ2v) is 10.4. The summed E-state index contributed by atoms with van der Waals surface area (Å²) in [6.07, 6.45) is 0.697. The lowest BCUT2D eigenvalue weighted by atomic mass is 9.76. The third-order valence-corrected chi connectivity index (χ3v) is 7.30. The first-order valence-electron chi connectivity index (χ1n) is 9.74. The molecule has 3 N–H and O–H groups in total. The van der Waals surface area contributed by atoms with Crippen molar-refractivity contribution in [2.24, 2.45) is 11.8 Å². The Morgan fingerprint density at radius 2 is 1.44 bits per heavy atom. The molecule has 2 aromatic carbocycles. The van der Waals surface area contributed by atoms with Gasteiger partial charge in [0.1, 0.15) is 0 Å². The van der Waals surface area contributed by atoms with Crippen molar-refractivity contribution in [2.45, 2.75) is 31.6 Å². The van der Waals surface area contributed by atoms with Gasteiger partial charge in [0, 0.05) is 15.7 Å². The molecular weight excluding hydrogens is 475 g/mol. The average molecular weight is 497 g/mol. The summed E-state index contributed by atoms with van der Waals surface area (Å²) < 4.78 is 27.7. The van der Waals surface area contributed by atoms with E-state index in [2.05, 4.69) is 10.0 Å². The number of halogens is 2. The van der Waals surface area contributed by atoms with E-state index in [-0.39, 0.29) is 20.6 Å². The lowest BCUT2D eigenvalue weighted by Gasteiger charge is -2.29. The molecule has 0 unspecified atom stereocenters. The minimum Gasteiger partial charge on any atom is -0.481 e. The van der Waals surface area contributed by atoms with Crippen LogP contribution in [0.15, 0.2) is 58.5 Å². The third-order valence-electron chi connectivity index (χ3n) is 5.47. The zero-order valence-corrected chi connectivity index (χ0v) is 19.7. The Morgan fingerprint density at radius 1 is 0.906 bits per heavy atom. The van der Waals surface area contributed by atoms with Crippen LogP contribution in [0.25, 0.3) is 0 Å². The Bertz CT molecular complexity index is 1170. The molecule has 0 saturated heterocycles. The molecule has 0 bridgehead atoms. The molecule has 10 heteroatoms. The van der Waals surface area contributed by atoms with Crippen LogP contribution in [0.1, 0.15) is 26.7 Å². The average Bonchev–Trinajstić information content (AvgIpc) is 2.68. The van der Waals surface area contributed by atoms with Gasteiger partial charge < -0.3 is 10.4 Å². The zero-order valence-electron chi connectivity index (χ0n) is 17.4. The molecular formula is C22H22Cl2N2O5S. The van der Waals surface area contributed by atoms with Crippen LogP contribution in [0.5, 0.6) is 0 Å². The van der Waals surface area contributed by atoms with E-state index in [1.807, 2.05) is 13.8 Å². The number of carbonyl (C=O) groups excluding carboxylic acids is 1. The molecule has 1 aliphatic carbocycles. The van der Waals surface area contributed by atoms with Gasteiger partial charge >= 0.3 is 5.97 Å². The number of benzene rings is 2. The van der Waals surface area contributed by atoms with Crippen LogP contribution in [-0.2, 0) is 19.6 Å². The van der Waals surface area contributed by atoms with Crippen LogP contribution in [0, 0.1) is 11.8 Å². The number of nitrogens with one attached hydrogen (secondary N) is 2. The monoisotopic (exact) mass is 496 g/mol. The Balaban J connectivity index is 1.74. The number of rotatable bonds is 6. The molecule has 2 aromatic rings. The van der Waals surface area contributed by atoms with Gasteiger partial charge in [-0.05, 0) is 69.2 Å². The Hall–Kier alpha value is -2.55. The Morgan fingerprint density at radius 3 is 1.97 bits per heavy atom. The van der Waals surface area contributed by atoms with Crippen molar-refractivity contribution in [1.82, 2.24) is 0 Å². The first-order chi connectivity index (χ1) is 15.0. The van der Waals surface area contributed by atoms with E-state index in [9.17, 15) is 23.1 Å². The van der Waals surface area contributed by atoms with Crippen molar-refractivity contribution in [1.29, 1.82) is 0 Å². The van der Waals surface area contributed by atoms with Crippen LogP contribution >= 0.6 is 23.2 Å². The molecule has 0 fully saturated rings. The highest BCUT2D eigenvalue weighted by atomic mass is 35.5. The molecule has 7 nitrogen and oxygen atoms in total. The topological polar surface area (TPSA) is 113 Å². The molecule has 0 aromatic heterocycles. The van der Waals surface area contributed by atoms with Crippen molar-refractivity contribution in [3.05, 3.63) is 63.7 Å². The number of carbonyl (C=O) groups is 2. The number of carboxylic acid groups (broad SMARTS) is 1. The summed E-state index contributed by atoms with van der Waals surface area (Å²) in [6, 6.07) is 9.93. The Labute approximate surface area is 196 Å². The number of anilines is 2. The minimum atomic E-state index is -3.91. The smallest absolute Gasteiger partial charge is 0.307 e. The van der Waals surface area contributed by atoms with Crippen LogP contribution in [-0.4, -0.2) is 25.4 Å². The molecule has 2 atom stereocenters. The second kappa shape index (κ2) is 9.52. The van der Waals surface area contributed by atoms with Crippen LogP contribution in [0.2, 0.25) is 10.0 Å². The summed E-state index contributed by atoms with van der Waals surface area (Å²) in [5.74, 6) is -2.92. The predicted octanol–water partition coefficient (Wildman–Crippen LogP) is 5.18. The molecule has 1 amide bonds. The molecule has 0 saturated carbocycles. The normalized spacial score (nSPS) is 18.9. The van der Waals surface area contributed by atoms with Gasteiger partial charge in [-0.2, -0.15) is 0 Å². The molecule has 0 radical (unpaired) electrons. The minimum absolute atomic E-state index is 0.0259. The van der Waals surface area contributed by atoms with E-state index in [1.54, 1.807) is 0 Å². The molecule has 0 heterocycles. The van der Waals surface area contributed by atoms with Crippen LogP contribution in [0.3, 0.4) is 0 Å². The van der Waals surface area contributed by atoms with Gasteiger partial charge in [0.15, 0.2) is 0 Å². The van der Waals surface area contributed by atoms with Crippen LogP contribution in [0.4, 0.5) is 11.4 Å². The summed E-state index contributed by atoms with van der Waals surface area (Å²) in [5, 5.41) is 12.8. The summed E-state index contributed by atoms with van der Waals surface area (Å²) in [5.41, 5.74) is 2.59. The maximum atomic E-state index is 12.8. The lowest BCUT2D eigenvalue weighted by Crippen LogP contribution is -2.36. The molecule has 170 valence electrons. The number of sulfonamides is 1. The summed E-state index contributed by atoms with van der Waals surface area (Å²) in [7, 11) is -3.91. The third kappa shape index (κ3) is 5.62. The van der Waals surface area contributed by atoms with Gasteiger partial charge in [-0.25, -0.2) is 8.42 Å². The maximum absolute atomic E-state index is 12.8. The molecule has 3 rings (SSSR count). The van der Waals surface area contributed by atoms with Crippen molar-refractivity contribution in [2.75, 3.05) is 10.0 Å². The largest absolute Gasteiger partial charge is 0.481 e. The van der Waals surface area contributed by atoms with Gasteiger partial charge in [-0.3, -0.25) is 14.3 Å². The van der Waals surface area contributed by atoms with Crippen molar-refractivity contribution >= 4 is 56.5 Å². The zero-order chi connectivity index (χ0) is 23.6. The van der Waals surface area contributed by atoms with Gasteiger partial charge in [-0.1, -0.05) is 34.3 Å². The summed E-state index contributed by atoms with van der Waals surface area (Å²) in [4.78, 5) is 24.4. The fraction of sp³-hybridized carbons (Fsp3) is 0.273. The van der Waals surface area contributed by atoms with E-state index in [4.69, 9.17) is 23.2 Å². The number of aliphatic carboxylic acids is 1. The number of hydrogen-bond donors (Lipinski definition) is 3. The molecule has 0 aliphatic heterocycles. The fourth-order valence-electron chi connectivity index (χ4n) is 3.61. The van der Waals surface area contributed by atoms with Gasteiger partial charge in [0.05, 0.1) is 22.4 Å². The van der Waals surface area contributed by atoms with Gasteiger partial charge in [0.2, 0.25) is 5.91 Å². The second-order valence-electron chi connectivity index (χ2n) is 7.80. The molecule has 0 spiro atoms. The highest BCUT2D eigenvalue weighted by molar-refractivity contribution is 7.92. The van der Waals surface area contributed by atoms with E-state index in [0.29, 0.717) is 18.5 Å². The Kier molecular flexibility index (Phi) is 7.17. The van der Waals surface area contributed by atoms with Gasteiger partial charge in [0.25, 0.3) is 10.0 Å². The number of hydrogen-bond acceptors (Lipinski definition) is 4. The standard InChI is InChI=1S/C22H22Cl2N2O5S/c1-12-7-19(20(22(28)29)8-13(12)2)21(27)25-16-3-5-18(6-4-16)32(30,31)26-17-10-14(23)9-15(24)11-17/h3-6,9-11,19-20,26H,7-8H2,1-2H3,(H,25,27)(H,28,29)/t19-,20-/m0/s1. The van der Waals surface area contributed by atoms with Crippen LogP contribution < -0.4 is 10.0 Å². The number of amides is 1. The first kappa shape index (κ1) is 24.1. The molecule has 32 heavy (non-hydrogen) atoms. The maximum Gasteiger partial charge on any atom is 0.307 e. The summed E-state index contributed by atoms with van der Waals surface area (Å²) in [6.45, 7) is 3.78. The fourth-order valence-corrected chi connectivity index (χ4v) is 5.17. The highest BCUT2D eigenvalue weighted by Crippen LogP contribution is 2.35. The summed E-state index contributed by atoms with van der Waals surface area (Å²) >= 11 is 11.8. The van der Waals surface area contributed by atoms with E-state index >= 15 is 0 Å². The van der Waals surface area contributed by atoms with E-state index in [0.717, 1.165) is 11.1 Å². The number of carboxylic acids is 1. The van der Waals surface area contributed by atoms with Gasteiger partial charge in [-0.15, -0.1) is 0 Å². The first-order valence-corrected chi connectivity index (χ1v) is 12.0. The van der Waals surface area contributed by atoms with E-state index < -0.39 is 33.7 Å². The van der Waals surface area contributed by atoms with E-state index in [1.165, 1.54) is 42.5 Å². The molecule has 1 aliphatic rings. The quantitative estimate of drug-likeness (QED) is 0.476. The SMILES string of the molecule is CC1=C(C)C[C@H](C(=O)Nc2ccc(S(=O)(=O)Nc3cc(Cl)cc(Cl)c3)cc2)[C@@H](C(=O)O)C1. The van der Waals surface area contributed by atoms with Crippen molar-refractivity contribution in [3.8, 4) is 0 Å². The highest BCUT2D eigenvalue weighted by Gasteiger charge is 2.37. The number of allylic oxidation sites excluding steroid dienone is 2. The van der Waals surface area contributed by atoms with Crippen molar-refractivity contribution in [3.63, 3.8) is 0 Å². The van der Waals surface area contributed by atoms with Crippen molar-refractivity contribution < 1.29 is 23.1 Å². The predicted molar refractivity (Wildman–Crippen MR) is 125 cm³/mol. The lowest BCUT2D eigenvalue weighted by molar-refractivity contribution is -0.146.